The van der Waals surface area contributed by atoms with Crippen molar-refractivity contribution in [1.29, 1.82) is 0 Å². The number of methoxy groups -OCH3 is 1. The molecular formula is C33H29ClN4O5. The molecule has 0 aliphatic heterocycles. The Morgan fingerprint density at radius 1 is 1.02 bits per heavy atom. The van der Waals surface area contributed by atoms with Crippen LogP contribution < -0.4 is 10.3 Å². The molecule has 1 aromatic heterocycles. The lowest BCUT2D eigenvalue weighted by Gasteiger charge is -2.33. The molecule has 1 heterocycles. The van der Waals surface area contributed by atoms with E-state index in [2.05, 4.69) is 0 Å². The number of nitro benzene ring substituents is 1. The van der Waals surface area contributed by atoms with Gasteiger partial charge in [-0.2, -0.15) is 0 Å². The molecule has 0 spiro atoms. The van der Waals surface area contributed by atoms with Crippen LogP contribution in [-0.2, 0) is 6.42 Å². The monoisotopic (exact) mass is 596 g/mol. The average Bonchev–Trinajstić information content (AvgIpc) is 3.03. The van der Waals surface area contributed by atoms with Crippen LogP contribution in [0.4, 0.5) is 5.69 Å². The Morgan fingerprint density at radius 2 is 1.72 bits per heavy atom. The van der Waals surface area contributed by atoms with Gasteiger partial charge in [0.2, 0.25) is 0 Å². The SMILES string of the molecule is CCC(c1nc2ccccc2c(=O)n1-c1ccccc1OC)N(CCc1ccccc1)C(=O)c1ccc([N+](=O)[O-])cc1Cl. The molecule has 4 aromatic carbocycles. The highest BCUT2D eigenvalue weighted by molar-refractivity contribution is 6.34. The van der Waals surface area contributed by atoms with Gasteiger partial charge >= 0.3 is 0 Å². The first kappa shape index (κ1) is 29.5. The normalized spacial score (nSPS) is 11.7. The number of rotatable bonds is 10. The first-order chi connectivity index (χ1) is 20.8. The molecule has 0 N–H and O–H groups in total. The van der Waals surface area contributed by atoms with Crippen LogP contribution >= 0.6 is 11.6 Å². The fourth-order valence-corrected chi connectivity index (χ4v) is 5.46. The Morgan fingerprint density at radius 3 is 2.42 bits per heavy atom. The molecule has 0 saturated carbocycles. The molecule has 0 saturated heterocycles. The number of nitrogens with zero attached hydrogens (tertiary/aromatic N) is 4. The Labute approximate surface area is 253 Å². The van der Waals surface area contributed by atoms with Crippen molar-refractivity contribution in [2.24, 2.45) is 0 Å². The molecule has 9 nitrogen and oxygen atoms in total. The summed E-state index contributed by atoms with van der Waals surface area (Å²) in [6.45, 7) is 2.18. The predicted octanol–water partition coefficient (Wildman–Crippen LogP) is 6.79. The number of para-hydroxylation sites is 3. The molecule has 1 amide bonds. The summed E-state index contributed by atoms with van der Waals surface area (Å²) in [4.78, 5) is 45.8. The highest BCUT2D eigenvalue weighted by Crippen LogP contribution is 2.32. The van der Waals surface area contributed by atoms with Gasteiger partial charge in [-0.25, -0.2) is 4.98 Å². The molecule has 0 bridgehead atoms. The van der Waals surface area contributed by atoms with E-state index in [1.165, 1.54) is 29.9 Å². The largest absolute Gasteiger partial charge is 0.495 e. The minimum atomic E-state index is -0.676. The Bertz CT molecular complexity index is 1860. The van der Waals surface area contributed by atoms with E-state index in [1.807, 2.05) is 49.4 Å². The summed E-state index contributed by atoms with van der Waals surface area (Å²) < 4.78 is 7.13. The van der Waals surface area contributed by atoms with E-state index in [0.29, 0.717) is 41.0 Å². The topological polar surface area (TPSA) is 108 Å². The predicted molar refractivity (Wildman–Crippen MR) is 166 cm³/mol. The summed E-state index contributed by atoms with van der Waals surface area (Å²) in [6.07, 6.45) is 0.922. The molecule has 1 unspecified atom stereocenters. The molecule has 5 aromatic rings. The number of ether oxygens (including phenoxy) is 1. The second-order valence-corrected chi connectivity index (χ2v) is 10.3. The van der Waals surface area contributed by atoms with Crippen LogP contribution in [0.1, 0.15) is 41.1 Å². The molecule has 43 heavy (non-hydrogen) atoms. The number of aromatic nitrogens is 2. The highest BCUT2D eigenvalue weighted by atomic mass is 35.5. The van der Waals surface area contributed by atoms with Crippen molar-refractivity contribution in [2.75, 3.05) is 13.7 Å². The lowest BCUT2D eigenvalue weighted by atomic mass is 10.1. The van der Waals surface area contributed by atoms with Crippen LogP contribution in [-0.4, -0.2) is 38.9 Å². The Kier molecular flexibility index (Phi) is 8.82. The molecule has 218 valence electrons. The van der Waals surface area contributed by atoms with E-state index in [-0.39, 0.29) is 28.4 Å². The van der Waals surface area contributed by atoms with Gasteiger partial charge < -0.3 is 9.64 Å². The minimum absolute atomic E-state index is 0.0349. The van der Waals surface area contributed by atoms with Crippen molar-refractivity contribution in [3.63, 3.8) is 0 Å². The second kappa shape index (κ2) is 12.9. The highest BCUT2D eigenvalue weighted by Gasteiger charge is 2.31. The summed E-state index contributed by atoms with van der Waals surface area (Å²) in [5.41, 5.74) is 1.60. The van der Waals surface area contributed by atoms with Crippen LogP contribution in [0.25, 0.3) is 16.6 Å². The van der Waals surface area contributed by atoms with Gasteiger partial charge in [0.1, 0.15) is 11.6 Å². The Hall–Kier alpha value is -5.02. The maximum atomic E-state index is 14.3. The first-order valence-electron chi connectivity index (χ1n) is 13.8. The van der Waals surface area contributed by atoms with E-state index in [4.69, 9.17) is 21.3 Å². The van der Waals surface area contributed by atoms with Gasteiger partial charge in [0.15, 0.2) is 0 Å². The molecular weight excluding hydrogens is 568 g/mol. The number of benzene rings is 4. The number of nitro groups is 1. The van der Waals surface area contributed by atoms with E-state index in [1.54, 1.807) is 41.3 Å². The maximum Gasteiger partial charge on any atom is 0.270 e. The Balaban J connectivity index is 1.71. The molecule has 0 aliphatic rings. The van der Waals surface area contributed by atoms with Crippen LogP contribution in [0.3, 0.4) is 0 Å². The van der Waals surface area contributed by atoms with E-state index in [9.17, 15) is 19.7 Å². The van der Waals surface area contributed by atoms with Crippen LogP contribution in [0, 0.1) is 10.1 Å². The summed E-state index contributed by atoms with van der Waals surface area (Å²) in [7, 11) is 1.53. The molecule has 0 fully saturated rings. The summed E-state index contributed by atoms with van der Waals surface area (Å²) in [5, 5.41) is 11.7. The van der Waals surface area contributed by atoms with Gasteiger partial charge in [0.05, 0.1) is 45.3 Å². The van der Waals surface area contributed by atoms with Gasteiger partial charge in [0, 0.05) is 18.7 Å². The quantitative estimate of drug-likeness (QED) is 0.130. The van der Waals surface area contributed by atoms with Gasteiger partial charge in [-0.05, 0) is 48.7 Å². The van der Waals surface area contributed by atoms with Crippen molar-refractivity contribution in [3.8, 4) is 11.4 Å². The van der Waals surface area contributed by atoms with E-state index >= 15 is 0 Å². The third-order valence-electron chi connectivity index (χ3n) is 7.33. The third kappa shape index (κ3) is 5.98. The van der Waals surface area contributed by atoms with Crippen LogP contribution in [0.15, 0.2) is 102 Å². The zero-order valence-electron chi connectivity index (χ0n) is 23.6. The molecule has 10 heteroatoms. The fraction of sp³-hybridized carbons (Fsp3) is 0.182. The smallest absolute Gasteiger partial charge is 0.270 e. The first-order valence-corrected chi connectivity index (χ1v) is 14.2. The van der Waals surface area contributed by atoms with Crippen molar-refractivity contribution in [1.82, 2.24) is 14.5 Å². The number of fused-ring (bicyclic) bond motifs is 1. The number of non-ortho nitro benzene ring substituents is 1. The zero-order chi connectivity index (χ0) is 30.5. The zero-order valence-corrected chi connectivity index (χ0v) is 24.4. The van der Waals surface area contributed by atoms with Crippen LogP contribution in [0.2, 0.25) is 5.02 Å². The maximum absolute atomic E-state index is 14.3. The standard InChI is InChI=1S/C33H29ClN4O5/c1-3-28(31-35-27-14-8-7-13-25(27)33(40)37(31)29-15-9-10-16-30(29)43-2)36(20-19-22-11-5-4-6-12-22)32(39)24-18-17-23(38(41)42)21-26(24)34/h4-18,21,28H,3,19-20H2,1-2H3. The van der Waals surface area contributed by atoms with E-state index < -0.39 is 16.9 Å². The van der Waals surface area contributed by atoms with Gasteiger partial charge in [0.25, 0.3) is 17.2 Å². The number of hydrogen-bond donors (Lipinski definition) is 0. The number of hydrogen-bond acceptors (Lipinski definition) is 6. The van der Waals surface area contributed by atoms with Gasteiger partial charge in [-0.15, -0.1) is 0 Å². The third-order valence-corrected chi connectivity index (χ3v) is 7.64. The molecule has 0 aliphatic carbocycles. The molecule has 0 radical (unpaired) electrons. The number of carbonyl (C=O) groups is 1. The average molecular weight is 597 g/mol. The summed E-state index contributed by atoms with van der Waals surface area (Å²) in [5.74, 6) is 0.394. The van der Waals surface area contributed by atoms with Crippen molar-refractivity contribution < 1.29 is 14.5 Å². The molecule has 5 rings (SSSR count). The fourth-order valence-electron chi connectivity index (χ4n) is 5.20. The van der Waals surface area contributed by atoms with Gasteiger partial charge in [-0.3, -0.25) is 24.3 Å². The molecule has 1 atom stereocenters. The van der Waals surface area contributed by atoms with Crippen molar-refractivity contribution in [3.05, 3.63) is 140 Å². The number of halogens is 1. The second-order valence-electron chi connectivity index (χ2n) is 9.88. The summed E-state index contributed by atoms with van der Waals surface area (Å²) in [6, 6.07) is 27.1. The number of carbonyl (C=O) groups excluding carboxylic acids is 1. The number of amides is 1. The van der Waals surface area contributed by atoms with E-state index in [0.717, 1.165) is 5.56 Å². The van der Waals surface area contributed by atoms with Crippen molar-refractivity contribution in [2.45, 2.75) is 25.8 Å². The van der Waals surface area contributed by atoms with Crippen molar-refractivity contribution >= 4 is 34.1 Å². The summed E-state index contributed by atoms with van der Waals surface area (Å²) >= 11 is 6.45. The van der Waals surface area contributed by atoms with Crippen LogP contribution in [0.5, 0.6) is 5.75 Å². The lowest BCUT2D eigenvalue weighted by molar-refractivity contribution is -0.384. The minimum Gasteiger partial charge on any atom is -0.495 e. The van der Waals surface area contributed by atoms with Gasteiger partial charge in [-0.1, -0.05) is 73.1 Å². The lowest BCUT2D eigenvalue weighted by Crippen LogP contribution is -2.40.